The van der Waals surface area contributed by atoms with Crippen molar-refractivity contribution < 1.29 is 0 Å². The third-order valence-corrected chi connectivity index (χ3v) is 4.65. The molecule has 48 valence electrons. The van der Waals surface area contributed by atoms with E-state index in [1.165, 1.54) is 35.5 Å². The average Bonchev–Trinajstić information content (AvgIpc) is 2.51. The van der Waals surface area contributed by atoms with Crippen molar-refractivity contribution in [3.63, 3.8) is 0 Å². The van der Waals surface area contributed by atoms with Gasteiger partial charge in [0.25, 0.3) is 0 Å². The van der Waals surface area contributed by atoms with E-state index < -0.39 is 0 Å². The van der Waals surface area contributed by atoms with Gasteiger partial charge in [0, 0.05) is 0 Å². The summed E-state index contributed by atoms with van der Waals surface area (Å²) in [5.74, 6) is 7.58. The third kappa shape index (κ3) is 0.249. The maximum absolute atomic E-state index is 1.64. The Morgan fingerprint density at radius 2 is 1.22 bits per heavy atom. The van der Waals surface area contributed by atoms with Gasteiger partial charge in [-0.05, 0) is 54.8 Å². The molecule has 0 heteroatoms. The Balaban J connectivity index is 1.92. The highest BCUT2D eigenvalue weighted by molar-refractivity contribution is 5.22. The van der Waals surface area contributed by atoms with Crippen molar-refractivity contribution in [3.8, 4) is 0 Å². The lowest BCUT2D eigenvalue weighted by atomic mass is 9.77. The van der Waals surface area contributed by atoms with Gasteiger partial charge in [-0.25, -0.2) is 0 Å². The minimum atomic E-state index is 1.21. The molecule has 0 aromatic carbocycles. The molecule has 0 heterocycles. The molecule has 0 saturated heterocycles. The molecule has 0 N–H and O–H groups in total. The normalized spacial score (nSPS) is 80.0. The smallest absolute Gasteiger partial charge is 0.0318 e. The van der Waals surface area contributed by atoms with Crippen LogP contribution in [-0.2, 0) is 0 Å². The lowest BCUT2D eigenvalue weighted by Crippen LogP contribution is -2.23. The van der Waals surface area contributed by atoms with Gasteiger partial charge in [-0.1, -0.05) is 0 Å². The molecule has 5 aliphatic rings. The molecule has 5 rings (SSSR count). The van der Waals surface area contributed by atoms with Gasteiger partial charge >= 0.3 is 0 Å². The van der Waals surface area contributed by atoms with Crippen molar-refractivity contribution >= 4 is 0 Å². The lowest BCUT2D eigenvalue weighted by Gasteiger charge is -2.28. The van der Waals surface area contributed by atoms with Crippen LogP contribution in [0, 0.1) is 35.5 Å². The van der Waals surface area contributed by atoms with Gasteiger partial charge in [0.15, 0.2) is 0 Å². The topological polar surface area (TPSA) is 0 Å². The van der Waals surface area contributed by atoms with Crippen LogP contribution in [0.1, 0.15) is 19.3 Å². The van der Waals surface area contributed by atoms with Crippen molar-refractivity contribution in [2.24, 2.45) is 35.5 Å². The van der Waals surface area contributed by atoms with Crippen LogP contribution in [0.25, 0.3) is 0 Å². The summed E-state index contributed by atoms with van der Waals surface area (Å²) in [7, 11) is 0. The summed E-state index contributed by atoms with van der Waals surface area (Å²) < 4.78 is 0. The van der Waals surface area contributed by atoms with Crippen LogP contribution in [-0.4, -0.2) is 0 Å². The molecule has 5 fully saturated rings. The van der Waals surface area contributed by atoms with Crippen molar-refractivity contribution in [2.45, 2.75) is 19.3 Å². The van der Waals surface area contributed by atoms with Crippen molar-refractivity contribution in [1.29, 1.82) is 0 Å². The van der Waals surface area contributed by atoms with E-state index in [4.69, 9.17) is 0 Å². The van der Waals surface area contributed by atoms with Gasteiger partial charge < -0.3 is 0 Å². The minimum Gasteiger partial charge on any atom is -0.0470 e. The zero-order valence-corrected chi connectivity index (χ0v) is 5.59. The zero-order valence-electron chi connectivity index (χ0n) is 5.59. The molecule has 4 unspecified atom stereocenters. The van der Waals surface area contributed by atoms with E-state index in [0.29, 0.717) is 0 Å². The SMILES string of the molecule is C1C2CC3C1C1C(C2)C31. The lowest BCUT2D eigenvalue weighted by molar-refractivity contribution is 0.195. The summed E-state index contributed by atoms with van der Waals surface area (Å²) in [6.45, 7) is 0. The molecule has 0 aliphatic heterocycles. The van der Waals surface area contributed by atoms with Gasteiger partial charge in [-0.15, -0.1) is 0 Å². The third-order valence-electron chi connectivity index (χ3n) is 4.65. The average molecular weight is 120 g/mol. The van der Waals surface area contributed by atoms with Crippen LogP contribution in [0.4, 0.5) is 0 Å². The highest BCUT2D eigenvalue weighted by atomic mass is 14.8. The van der Waals surface area contributed by atoms with E-state index in [9.17, 15) is 0 Å². The Hall–Kier alpha value is 0. The van der Waals surface area contributed by atoms with Crippen LogP contribution in [0.5, 0.6) is 0 Å². The van der Waals surface area contributed by atoms with Gasteiger partial charge in [0.1, 0.15) is 0 Å². The molecule has 4 bridgehead atoms. The Morgan fingerprint density at radius 3 is 1.78 bits per heavy atom. The van der Waals surface area contributed by atoms with Crippen LogP contribution in [0.3, 0.4) is 0 Å². The summed E-state index contributed by atoms with van der Waals surface area (Å²) in [4.78, 5) is 0. The molecular formula is C9H12. The molecule has 0 nitrogen and oxygen atoms in total. The van der Waals surface area contributed by atoms with Gasteiger partial charge in [0.05, 0.1) is 0 Å². The predicted molar refractivity (Wildman–Crippen MR) is 34.8 cm³/mol. The minimum absolute atomic E-state index is 1.21. The van der Waals surface area contributed by atoms with Crippen LogP contribution in [0.15, 0.2) is 0 Å². The van der Waals surface area contributed by atoms with Crippen molar-refractivity contribution in [1.82, 2.24) is 0 Å². The summed E-state index contributed by atoms with van der Waals surface area (Å²) in [6, 6.07) is 0. The Bertz CT molecular complexity index is 157. The molecule has 0 aromatic heterocycles. The predicted octanol–water partition coefficient (Wildman–Crippen LogP) is 1.91. The molecule has 4 atom stereocenters. The Morgan fingerprint density at radius 1 is 0.667 bits per heavy atom. The highest BCUT2D eigenvalue weighted by Crippen LogP contribution is 2.80. The molecule has 0 spiro atoms. The van der Waals surface area contributed by atoms with Gasteiger partial charge in [0.2, 0.25) is 0 Å². The second-order valence-corrected chi connectivity index (χ2v) is 4.72. The van der Waals surface area contributed by atoms with Crippen molar-refractivity contribution in [2.75, 3.05) is 0 Å². The van der Waals surface area contributed by atoms with Gasteiger partial charge in [-0.3, -0.25) is 0 Å². The van der Waals surface area contributed by atoms with Crippen LogP contribution < -0.4 is 0 Å². The molecule has 0 radical (unpaired) electrons. The first-order valence-corrected chi connectivity index (χ1v) is 4.45. The summed E-state index contributed by atoms with van der Waals surface area (Å²) in [5.41, 5.74) is 0. The van der Waals surface area contributed by atoms with E-state index in [1.807, 2.05) is 0 Å². The summed E-state index contributed by atoms with van der Waals surface area (Å²) >= 11 is 0. The van der Waals surface area contributed by atoms with Crippen LogP contribution in [0.2, 0.25) is 0 Å². The fourth-order valence-corrected chi connectivity index (χ4v) is 4.48. The standard InChI is InChI=1S/C9H12/c1-4-2-6-5(1)8-7(3-4)9(6)8/h4-9H,1-3H2. The maximum atomic E-state index is 1.64. The Kier molecular flexibility index (Phi) is 0.395. The van der Waals surface area contributed by atoms with Crippen molar-refractivity contribution in [3.05, 3.63) is 0 Å². The van der Waals surface area contributed by atoms with Crippen LogP contribution >= 0.6 is 0 Å². The fourth-order valence-electron chi connectivity index (χ4n) is 4.48. The summed E-state index contributed by atoms with van der Waals surface area (Å²) in [5, 5.41) is 0. The molecule has 9 heavy (non-hydrogen) atoms. The first-order valence-electron chi connectivity index (χ1n) is 4.45. The van der Waals surface area contributed by atoms with E-state index in [-0.39, 0.29) is 0 Å². The van der Waals surface area contributed by atoms with E-state index in [2.05, 4.69) is 0 Å². The second kappa shape index (κ2) is 0.889. The molecule has 5 saturated carbocycles. The highest BCUT2D eigenvalue weighted by Gasteiger charge is 2.74. The summed E-state index contributed by atoms with van der Waals surface area (Å²) in [6.07, 6.45) is 4.92. The fraction of sp³-hybridized carbons (Fsp3) is 1.00. The first kappa shape index (κ1) is 4.00. The number of hydrogen-bond donors (Lipinski definition) is 0. The molecule has 0 aromatic rings. The number of hydrogen-bond acceptors (Lipinski definition) is 0. The molecular weight excluding hydrogens is 108 g/mol. The number of rotatable bonds is 0. The Labute approximate surface area is 55.6 Å². The quantitative estimate of drug-likeness (QED) is 0.458. The van der Waals surface area contributed by atoms with E-state index in [1.54, 1.807) is 19.3 Å². The second-order valence-electron chi connectivity index (χ2n) is 4.72. The van der Waals surface area contributed by atoms with E-state index >= 15 is 0 Å². The molecule has 5 aliphatic carbocycles. The largest absolute Gasteiger partial charge is 0.0470 e. The van der Waals surface area contributed by atoms with E-state index in [0.717, 1.165) is 0 Å². The molecule has 0 amide bonds. The zero-order chi connectivity index (χ0) is 5.59. The first-order chi connectivity index (χ1) is 4.45. The monoisotopic (exact) mass is 120 g/mol. The van der Waals surface area contributed by atoms with Gasteiger partial charge in [-0.2, -0.15) is 0 Å². The maximum Gasteiger partial charge on any atom is -0.0318 e.